The fourth-order valence-electron chi connectivity index (χ4n) is 3.31. The Labute approximate surface area is 145 Å². The minimum Gasteiger partial charge on any atom is -0.365 e. The maximum Gasteiger partial charge on any atom is 0.261 e. The second-order valence-electron chi connectivity index (χ2n) is 6.48. The summed E-state index contributed by atoms with van der Waals surface area (Å²) in [7, 11) is 0. The summed E-state index contributed by atoms with van der Waals surface area (Å²) in [5.41, 5.74) is 8.86. The fraction of sp³-hybridized carbons (Fsp3) is 0.316. The fourth-order valence-corrected chi connectivity index (χ4v) is 3.31. The van der Waals surface area contributed by atoms with Crippen LogP contribution in [0.15, 0.2) is 29.1 Å². The number of carbonyl (C=O) groups is 2. The molecule has 6 nitrogen and oxygen atoms in total. The number of amides is 2. The molecule has 0 saturated heterocycles. The molecule has 1 atom stereocenters. The summed E-state index contributed by atoms with van der Waals surface area (Å²) in [6.45, 7) is 3.88. The molecule has 1 aliphatic carbocycles. The lowest BCUT2D eigenvalue weighted by atomic mass is 9.89. The molecule has 2 aromatic rings. The number of nitrogens with one attached hydrogen (secondary N) is 2. The Hall–Kier alpha value is -2.89. The topological polar surface area (TPSA) is 105 Å². The standard InChI is InChI=1S/C19H21N3O3/c1-10-5-3-6-12(11(10)2)18(24)21-15-7-4-8-16-13(15)9-14(17(20)23)19(25)22-16/h3,5-6,9,15H,4,7-8H2,1-2H3,(H2,20,23)(H,21,24)(H,22,25). The van der Waals surface area contributed by atoms with Crippen molar-refractivity contribution in [2.24, 2.45) is 5.73 Å². The second-order valence-corrected chi connectivity index (χ2v) is 6.48. The van der Waals surface area contributed by atoms with E-state index in [0.29, 0.717) is 12.0 Å². The number of benzene rings is 1. The Kier molecular flexibility index (Phi) is 4.44. The van der Waals surface area contributed by atoms with Crippen LogP contribution in [-0.2, 0) is 6.42 Å². The molecular formula is C19H21N3O3. The van der Waals surface area contributed by atoms with E-state index in [-0.39, 0.29) is 17.5 Å². The number of fused-ring (bicyclic) bond motifs is 1. The zero-order chi connectivity index (χ0) is 18.1. The molecule has 0 saturated carbocycles. The van der Waals surface area contributed by atoms with Crippen molar-refractivity contribution in [3.63, 3.8) is 0 Å². The normalized spacial score (nSPS) is 16.2. The van der Waals surface area contributed by atoms with Gasteiger partial charge in [0.25, 0.3) is 17.4 Å². The van der Waals surface area contributed by atoms with E-state index in [0.717, 1.165) is 35.2 Å². The number of nitrogens with two attached hydrogens (primary N) is 1. The average molecular weight is 339 g/mol. The Morgan fingerprint density at radius 3 is 2.72 bits per heavy atom. The van der Waals surface area contributed by atoms with E-state index < -0.39 is 11.5 Å². The third kappa shape index (κ3) is 3.20. The van der Waals surface area contributed by atoms with Gasteiger partial charge in [-0.25, -0.2) is 0 Å². The van der Waals surface area contributed by atoms with Gasteiger partial charge >= 0.3 is 0 Å². The van der Waals surface area contributed by atoms with Crippen molar-refractivity contribution in [2.75, 3.05) is 0 Å². The van der Waals surface area contributed by atoms with Gasteiger partial charge < -0.3 is 16.0 Å². The van der Waals surface area contributed by atoms with Crippen LogP contribution in [0.2, 0.25) is 0 Å². The predicted molar refractivity (Wildman–Crippen MR) is 94.6 cm³/mol. The van der Waals surface area contributed by atoms with Gasteiger partial charge in [0.1, 0.15) is 5.56 Å². The summed E-state index contributed by atoms with van der Waals surface area (Å²) >= 11 is 0. The Balaban J connectivity index is 1.94. The van der Waals surface area contributed by atoms with E-state index >= 15 is 0 Å². The summed E-state index contributed by atoms with van der Waals surface area (Å²) < 4.78 is 0. The number of hydrogen-bond acceptors (Lipinski definition) is 3. The summed E-state index contributed by atoms with van der Waals surface area (Å²) in [5.74, 6) is -0.930. The predicted octanol–water partition coefficient (Wildman–Crippen LogP) is 1.90. The number of aromatic nitrogens is 1. The molecule has 0 fully saturated rings. The molecule has 3 rings (SSSR count). The first kappa shape index (κ1) is 17.0. The highest BCUT2D eigenvalue weighted by atomic mass is 16.2. The van der Waals surface area contributed by atoms with Crippen LogP contribution in [0.4, 0.5) is 0 Å². The van der Waals surface area contributed by atoms with Gasteiger partial charge in [0.2, 0.25) is 0 Å². The molecule has 0 aliphatic heterocycles. The van der Waals surface area contributed by atoms with E-state index in [2.05, 4.69) is 10.3 Å². The number of aromatic amines is 1. The molecule has 1 aromatic carbocycles. The quantitative estimate of drug-likeness (QED) is 0.795. The number of pyridine rings is 1. The first-order chi connectivity index (χ1) is 11.9. The van der Waals surface area contributed by atoms with Crippen molar-refractivity contribution in [1.29, 1.82) is 0 Å². The van der Waals surface area contributed by atoms with E-state index in [4.69, 9.17) is 5.73 Å². The molecule has 1 heterocycles. The lowest BCUT2D eigenvalue weighted by Gasteiger charge is -2.26. The van der Waals surface area contributed by atoms with Crippen LogP contribution in [-0.4, -0.2) is 16.8 Å². The molecule has 1 aliphatic rings. The highest BCUT2D eigenvalue weighted by Gasteiger charge is 2.25. The summed E-state index contributed by atoms with van der Waals surface area (Å²) in [6.07, 6.45) is 2.30. The van der Waals surface area contributed by atoms with Gasteiger partial charge in [-0.3, -0.25) is 14.4 Å². The van der Waals surface area contributed by atoms with Gasteiger partial charge in [-0.1, -0.05) is 12.1 Å². The third-order valence-electron chi connectivity index (χ3n) is 4.87. The molecule has 4 N–H and O–H groups in total. The van der Waals surface area contributed by atoms with Gasteiger partial charge in [0.05, 0.1) is 6.04 Å². The molecule has 130 valence electrons. The minimum absolute atomic E-state index is 0.0772. The lowest BCUT2D eigenvalue weighted by molar-refractivity contribution is 0.0931. The molecular weight excluding hydrogens is 318 g/mol. The Morgan fingerprint density at radius 1 is 1.24 bits per heavy atom. The van der Waals surface area contributed by atoms with Crippen molar-refractivity contribution in [2.45, 2.75) is 39.2 Å². The average Bonchev–Trinajstić information content (AvgIpc) is 2.56. The number of primary amides is 1. The van der Waals surface area contributed by atoms with Gasteiger partial charge in [-0.15, -0.1) is 0 Å². The van der Waals surface area contributed by atoms with E-state index in [1.54, 1.807) is 6.07 Å². The Bertz CT molecular complexity index is 915. The molecule has 2 amide bonds. The number of H-pyrrole nitrogens is 1. The highest BCUT2D eigenvalue weighted by molar-refractivity contribution is 5.96. The van der Waals surface area contributed by atoms with Crippen molar-refractivity contribution in [3.05, 3.63) is 68.1 Å². The molecule has 1 unspecified atom stereocenters. The number of rotatable bonds is 3. The summed E-state index contributed by atoms with van der Waals surface area (Å²) in [6, 6.07) is 6.87. The number of aryl methyl sites for hydroxylation is 2. The summed E-state index contributed by atoms with van der Waals surface area (Å²) in [5, 5.41) is 3.03. The van der Waals surface area contributed by atoms with Crippen LogP contribution in [0.1, 0.15) is 62.0 Å². The molecule has 6 heteroatoms. The van der Waals surface area contributed by atoms with E-state index in [9.17, 15) is 14.4 Å². The largest absolute Gasteiger partial charge is 0.365 e. The van der Waals surface area contributed by atoms with Crippen LogP contribution in [0.25, 0.3) is 0 Å². The minimum atomic E-state index is -0.769. The second kappa shape index (κ2) is 6.55. The zero-order valence-electron chi connectivity index (χ0n) is 14.3. The van der Waals surface area contributed by atoms with Crippen LogP contribution in [0.3, 0.4) is 0 Å². The maximum absolute atomic E-state index is 12.7. The maximum atomic E-state index is 12.7. The first-order valence-electron chi connectivity index (χ1n) is 8.31. The van der Waals surface area contributed by atoms with Crippen molar-refractivity contribution >= 4 is 11.8 Å². The van der Waals surface area contributed by atoms with Gasteiger partial charge in [-0.2, -0.15) is 0 Å². The molecule has 0 radical (unpaired) electrons. The van der Waals surface area contributed by atoms with E-state index in [1.165, 1.54) is 6.07 Å². The van der Waals surface area contributed by atoms with E-state index in [1.807, 2.05) is 26.0 Å². The van der Waals surface area contributed by atoms with Crippen LogP contribution < -0.4 is 16.6 Å². The van der Waals surface area contributed by atoms with Crippen LogP contribution in [0, 0.1) is 13.8 Å². The molecule has 1 aromatic heterocycles. The van der Waals surface area contributed by atoms with Gasteiger partial charge in [-0.05, 0) is 61.9 Å². The first-order valence-corrected chi connectivity index (χ1v) is 8.31. The lowest BCUT2D eigenvalue weighted by Crippen LogP contribution is -2.34. The van der Waals surface area contributed by atoms with Gasteiger partial charge in [0.15, 0.2) is 0 Å². The number of hydrogen-bond donors (Lipinski definition) is 3. The van der Waals surface area contributed by atoms with Crippen molar-refractivity contribution in [3.8, 4) is 0 Å². The van der Waals surface area contributed by atoms with Crippen LogP contribution >= 0.6 is 0 Å². The van der Waals surface area contributed by atoms with Crippen molar-refractivity contribution in [1.82, 2.24) is 10.3 Å². The number of carbonyl (C=O) groups excluding carboxylic acids is 2. The monoisotopic (exact) mass is 339 g/mol. The van der Waals surface area contributed by atoms with Crippen molar-refractivity contribution < 1.29 is 9.59 Å². The molecule has 0 spiro atoms. The smallest absolute Gasteiger partial charge is 0.261 e. The molecule has 25 heavy (non-hydrogen) atoms. The highest BCUT2D eigenvalue weighted by Crippen LogP contribution is 2.29. The third-order valence-corrected chi connectivity index (χ3v) is 4.87. The Morgan fingerprint density at radius 2 is 2.00 bits per heavy atom. The molecule has 0 bridgehead atoms. The summed E-state index contributed by atoms with van der Waals surface area (Å²) in [4.78, 5) is 38.8. The van der Waals surface area contributed by atoms with Gasteiger partial charge in [0, 0.05) is 11.3 Å². The van der Waals surface area contributed by atoms with Crippen LogP contribution in [0.5, 0.6) is 0 Å². The zero-order valence-corrected chi connectivity index (χ0v) is 14.3. The SMILES string of the molecule is Cc1cccc(C(=O)NC2CCCc3[nH]c(=O)c(C(N)=O)cc32)c1C.